The molecule has 0 unspecified atom stereocenters. The van der Waals surface area contributed by atoms with Gasteiger partial charge in [0.1, 0.15) is 17.0 Å². The van der Waals surface area contributed by atoms with E-state index in [1.165, 1.54) is 4.68 Å². The summed E-state index contributed by atoms with van der Waals surface area (Å²) in [7, 11) is 3.11. The number of pyridine rings is 1. The number of rotatable bonds is 5. The van der Waals surface area contributed by atoms with Crippen LogP contribution in [0.3, 0.4) is 0 Å². The van der Waals surface area contributed by atoms with Crippen LogP contribution < -0.4 is 19.7 Å². The summed E-state index contributed by atoms with van der Waals surface area (Å²) < 4.78 is 23.6. The molecule has 12 nitrogen and oxygen atoms in total. The summed E-state index contributed by atoms with van der Waals surface area (Å²) in [6, 6.07) is 12.7. The fraction of sp³-hybridized carbons (Fsp3) is 0.400. The van der Waals surface area contributed by atoms with Gasteiger partial charge in [0.15, 0.2) is 11.6 Å². The maximum absolute atomic E-state index is 14.2. The summed E-state index contributed by atoms with van der Waals surface area (Å²) in [5.41, 5.74) is 1.30. The highest BCUT2D eigenvalue weighted by Crippen LogP contribution is 2.67. The van der Waals surface area contributed by atoms with E-state index in [1.807, 2.05) is 37.3 Å². The number of aromatic nitrogens is 3. The van der Waals surface area contributed by atoms with E-state index in [1.54, 1.807) is 74.1 Å². The van der Waals surface area contributed by atoms with Crippen molar-refractivity contribution in [1.82, 2.24) is 14.8 Å². The van der Waals surface area contributed by atoms with Gasteiger partial charge in [-0.25, -0.2) is 14.5 Å². The minimum absolute atomic E-state index is 0.293. The van der Waals surface area contributed by atoms with Crippen molar-refractivity contribution in [2.24, 2.45) is 0 Å². The van der Waals surface area contributed by atoms with Gasteiger partial charge in [0.25, 0.3) is 0 Å². The Morgan fingerprint density at radius 2 is 1.64 bits per heavy atom. The van der Waals surface area contributed by atoms with E-state index < -0.39 is 28.8 Å². The van der Waals surface area contributed by atoms with Crippen LogP contribution in [0.1, 0.15) is 70.7 Å². The van der Waals surface area contributed by atoms with Crippen molar-refractivity contribution < 1.29 is 33.3 Å². The fourth-order valence-electron chi connectivity index (χ4n) is 6.13. The lowest BCUT2D eigenvalue weighted by Gasteiger charge is -2.24. The monoisotopic (exact) mass is 641 g/mol. The number of imide groups is 1. The van der Waals surface area contributed by atoms with Crippen LogP contribution in [0.4, 0.5) is 26.8 Å². The lowest BCUT2D eigenvalue weighted by molar-refractivity contribution is -0.120. The van der Waals surface area contributed by atoms with Crippen LogP contribution in [0.15, 0.2) is 48.7 Å². The summed E-state index contributed by atoms with van der Waals surface area (Å²) in [6.07, 6.45) is 0.684. The van der Waals surface area contributed by atoms with Gasteiger partial charge in [-0.2, -0.15) is 4.68 Å². The van der Waals surface area contributed by atoms with Crippen molar-refractivity contribution in [3.8, 4) is 11.5 Å². The number of carbonyl (C=O) groups excluding carboxylic acids is 3. The molecule has 12 heteroatoms. The smallest absolute Gasteiger partial charge is 0.435 e. The molecule has 2 aromatic heterocycles. The summed E-state index contributed by atoms with van der Waals surface area (Å²) in [5.74, 6) is 0.844. The lowest BCUT2D eigenvalue weighted by Crippen LogP contribution is -2.41. The van der Waals surface area contributed by atoms with Crippen molar-refractivity contribution >= 4 is 46.2 Å². The van der Waals surface area contributed by atoms with Crippen LogP contribution in [0, 0.1) is 6.92 Å². The first-order chi connectivity index (χ1) is 22.1. The van der Waals surface area contributed by atoms with E-state index in [0.717, 1.165) is 16.2 Å². The van der Waals surface area contributed by atoms with E-state index >= 15 is 0 Å². The minimum Gasteiger partial charge on any atom is -0.497 e. The number of carbonyl (C=O) groups is 3. The minimum atomic E-state index is -1.01. The highest BCUT2D eigenvalue weighted by Gasteiger charge is 2.68. The third-order valence-electron chi connectivity index (χ3n) is 8.20. The second-order valence-electron chi connectivity index (χ2n) is 13.9. The number of aryl methyl sites for hydroxylation is 1. The van der Waals surface area contributed by atoms with E-state index in [-0.39, 0.29) is 11.8 Å². The van der Waals surface area contributed by atoms with Gasteiger partial charge >= 0.3 is 12.2 Å². The largest absolute Gasteiger partial charge is 0.497 e. The normalized spacial score (nSPS) is 18.7. The number of methoxy groups -OCH3 is 2. The second-order valence-corrected chi connectivity index (χ2v) is 13.9. The van der Waals surface area contributed by atoms with Crippen molar-refractivity contribution in [3.63, 3.8) is 0 Å². The number of anilines is 3. The molecule has 0 saturated heterocycles. The maximum atomic E-state index is 14.2. The molecule has 0 bridgehead atoms. The Morgan fingerprint density at radius 1 is 0.936 bits per heavy atom. The number of benzene rings is 2. The number of nitrogens with zero attached hydrogens (tertiary/aromatic N) is 4. The Labute approximate surface area is 272 Å². The average Bonchev–Trinajstić information content (AvgIpc) is 3.57. The second kappa shape index (κ2) is 11.0. The van der Waals surface area contributed by atoms with Gasteiger partial charge in [-0.1, -0.05) is 6.07 Å². The molecule has 1 N–H and O–H groups in total. The predicted molar refractivity (Wildman–Crippen MR) is 176 cm³/mol. The third-order valence-corrected chi connectivity index (χ3v) is 8.20. The Bertz CT molecular complexity index is 1940. The summed E-state index contributed by atoms with van der Waals surface area (Å²) in [6.45, 7) is 12.5. The van der Waals surface area contributed by atoms with Crippen LogP contribution in [-0.4, -0.2) is 58.3 Å². The van der Waals surface area contributed by atoms with E-state index in [4.69, 9.17) is 18.9 Å². The molecule has 1 aliphatic heterocycles. The first kappa shape index (κ1) is 31.8. The topological polar surface area (TPSA) is 134 Å². The number of fused-ring (bicyclic) bond motifs is 3. The van der Waals surface area contributed by atoms with Gasteiger partial charge in [-0.05, 0) is 102 Å². The molecular formula is C35H39N5O7. The number of nitrogens with one attached hydrogen (secondary N) is 1. The SMILES string of the molecule is COc1ccc2c(c1)[C@]1(C[C@H]1c1ccc3c(Nc4cc(C)ncc4OC)nn(C(=O)OC(C)(C)C)c3c1)C(=O)N2C(=O)OC(C)(C)C. The van der Waals surface area contributed by atoms with Crippen LogP contribution in [0.5, 0.6) is 11.5 Å². The fourth-order valence-corrected chi connectivity index (χ4v) is 6.13. The molecule has 2 atom stereocenters. The first-order valence-electron chi connectivity index (χ1n) is 15.4. The molecule has 1 fully saturated rings. The predicted octanol–water partition coefficient (Wildman–Crippen LogP) is 6.99. The molecule has 2 amide bonds. The van der Waals surface area contributed by atoms with Crippen molar-refractivity contribution in [2.45, 2.75) is 77.4 Å². The Morgan fingerprint density at radius 3 is 2.30 bits per heavy atom. The zero-order valence-electron chi connectivity index (χ0n) is 28.0. The highest BCUT2D eigenvalue weighted by atomic mass is 16.6. The zero-order chi connectivity index (χ0) is 34.1. The summed E-state index contributed by atoms with van der Waals surface area (Å²) in [4.78, 5) is 46.5. The molecule has 0 radical (unpaired) electrons. The van der Waals surface area contributed by atoms with Crippen LogP contribution >= 0.6 is 0 Å². The van der Waals surface area contributed by atoms with E-state index in [0.29, 0.717) is 51.6 Å². The molecule has 6 rings (SSSR count). The number of hydrogen-bond donors (Lipinski definition) is 1. The molecule has 1 aliphatic carbocycles. The van der Waals surface area contributed by atoms with E-state index in [9.17, 15) is 14.4 Å². The van der Waals surface area contributed by atoms with Gasteiger partial charge in [0, 0.05) is 17.0 Å². The molecule has 2 aromatic carbocycles. The number of ether oxygens (including phenoxy) is 4. The van der Waals surface area contributed by atoms with E-state index in [2.05, 4.69) is 15.4 Å². The molecule has 4 aromatic rings. The van der Waals surface area contributed by atoms with Gasteiger partial charge in [-0.3, -0.25) is 9.78 Å². The lowest BCUT2D eigenvalue weighted by atomic mass is 9.91. The zero-order valence-corrected chi connectivity index (χ0v) is 28.0. The Balaban J connectivity index is 1.44. The van der Waals surface area contributed by atoms with Crippen molar-refractivity contribution in [2.75, 3.05) is 24.4 Å². The number of hydrogen-bond acceptors (Lipinski definition) is 10. The standard InChI is InChI=1S/C35H39N5O7/c1-19-14-25(28(45-9)18-36-19)37-29-22-12-10-20(15-27(22)40(38-29)32(43)47-34(5,6)7)24-17-35(24)23-16-21(44-8)11-13-26(23)39(30(35)41)31(42)46-33(2,3)4/h10-16,18,24H,17H2,1-9H3,(H,36,37,38)/t24-,35-/m0/s1. The summed E-state index contributed by atoms with van der Waals surface area (Å²) >= 11 is 0. The van der Waals surface area contributed by atoms with Crippen molar-refractivity contribution in [3.05, 3.63) is 65.5 Å². The Kier molecular flexibility index (Phi) is 7.45. The quantitative estimate of drug-likeness (QED) is 0.243. The average molecular weight is 642 g/mol. The number of amides is 2. The third kappa shape index (κ3) is 5.61. The van der Waals surface area contributed by atoms with Crippen molar-refractivity contribution in [1.29, 1.82) is 0 Å². The molecule has 47 heavy (non-hydrogen) atoms. The van der Waals surface area contributed by atoms with Gasteiger partial charge in [-0.15, -0.1) is 5.10 Å². The van der Waals surface area contributed by atoms with Gasteiger partial charge in [0.05, 0.1) is 42.7 Å². The molecule has 3 heterocycles. The highest BCUT2D eigenvalue weighted by molar-refractivity contribution is 6.23. The van der Waals surface area contributed by atoms with Crippen LogP contribution in [-0.2, 0) is 19.7 Å². The molecule has 1 spiro atoms. The Hall–Kier alpha value is -5.13. The van der Waals surface area contributed by atoms with Crippen LogP contribution in [0.25, 0.3) is 10.9 Å². The molecule has 2 aliphatic rings. The first-order valence-corrected chi connectivity index (χ1v) is 15.4. The maximum Gasteiger partial charge on any atom is 0.435 e. The molecular weight excluding hydrogens is 602 g/mol. The van der Waals surface area contributed by atoms with Gasteiger partial charge < -0.3 is 24.3 Å². The molecule has 1 saturated carbocycles. The van der Waals surface area contributed by atoms with Crippen LogP contribution in [0.2, 0.25) is 0 Å². The molecule has 246 valence electrons. The summed E-state index contributed by atoms with van der Waals surface area (Å²) in [5, 5.41) is 8.58. The van der Waals surface area contributed by atoms with Gasteiger partial charge in [0.2, 0.25) is 5.91 Å².